The van der Waals surface area contributed by atoms with Gasteiger partial charge in [-0.1, -0.05) is 31.5 Å². The summed E-state index contributed by atoms with van der Waals surface area (Å²) in [5.41, 5.74) is -0.170. The zero-order chi connectivity index (χ0) is 26.9. The summed E-state index contributed by atoms with van der Waals surface area (Å²) in [6.45, 7) is 11.9. The largest absolute Gasteiger partial charge is 0.444 e. The number of aryl methyl sites for hydroxylation is 1. The molecule has 11 heteroatoms. The molecular weight excluding hydrogens is 484 g/mol. The van der Waals surface area contributed by atoms with Crippen molar-refractivity contribution in [1.82, 2.24) is 19.8 Å². The highest BCUT2D eigenvalue weighted by Gasteiger charge is 2.41. The average Bonchev–Trinajstić information content (AvgIpc) is 2.75. The first-order valence-electron chi connectivity index (χ1n) is 11.9. The number of nitrogens with zero attached hydrogens (tertiary/aromatic N) is 2. The van der Waals surface area contributed by atoms with Gasteiger partial charge in [-0.15, -0.1) is 0 Å². The van der Waals surface area contributed by atoms with E-state index in [-0.39, 0.29) is 17.4 Å². The van der Waals surface area contributed by atoms with Crippen LogP contribution in [0.5, 0.6) is 0 Å². The molecule has 10 nitrogen and oxygen atoms in total. The normalized spacial score (nSPS) is 22.1. The molecule has 2 atom stereocenters. The van der Waals surface area contributed by atoms with Crippen LogP contribution in [0.3, 0.4) is 0 Å². The fourth-order valence-corrected chi connectivity index (χ4v) is 5.76. The monoisotopic (exact) mass is 520 g/mol. The first kappa shape index (κ1) is 27.5. The highest BCUT2D eigenvalue weighted by molar-refractivity contribution is 7.89. The summed E-state index contributed by atoms with van der Waals surface area (Å²) in [6.07, 6.45) is 2.27. The number of piperidine rings is 1. The maximum absolute atomic E-state index is 13.2. The van der Waals surface area contributed by atoms with Gasteiger partial charge >= 0.3 is 6.09 Å². The van der Waals surface area contributed by atoms with E-state index in [1.165, 1.54) is 24.5 Å². The van der Waals surface area contributed by atoms with Gasteiger partial charge in [0.2, 0.25) is 11.8 Å². The van der Waals surface area contributed by atoms with Gasteiger partial charge in [-0.3, -0.25) is 13.9 Å². The Hall–Kier alpha value is -3.08. The molecule has 0 aliphatic carbocycles. The molecule has 0 aromatic heterocycles. The maximum Gasteiger partial charge on any atom is 0.410 e. The molecular formula is C25H36N4O6S. The summed E-state index contributed by atoms with van der Waals surface area (Å²) in [6, 6.07) is 4.80. The van der Waals surface area contributed by atoms with Gasteiger partial charge < -0.3 is 20.3 Å². The number of nitrogens with one attached hydrogen (secondary N) is 2. The van der Waals surface area contributed by atoms with E-state index in [4.69, 9.17) is 4.74 Å². The van der Waals surface area contributed by atoms with Crippen LogP contribution in [0.25, 0.3) is 0 Å². The standard InChI is InChI=1S/C25H36N4O6S/c1-17-7-9-18(10-8-17)36(33,34)29-14-12-26-22(31)19(29)15-21(30)27-20-11-13-28(16-25(20,5)6)23(32)35-24(2,3)4/h7-10,12,14,19-20H,11,13,15-16H2,1-6H3,(H,26,31)(H,27,30)/t19-,20+/m1/s1. The Kier molecular flexibility index (Phi) is 7.73. The number of carbonyl (C=O) groups is 3. The van der Waals surface area contributed by atoms with Crippen molar-refractivity contribution in [3.8, 4) is 0 Å². The van der Waals surface area contributed by atoms with Crippen molar-refractivity contribution in [2.75, 3.05) is 13.1 Å². The minimum atomic E-state index is -4.05. The molecule has 2 heterocycles. The lowest BCUT2D eigenvalue weighted by atomic mass is 9.79. The van der Waals surface area contributed by atoms with E-state index in [0.29, 0.717) is 19.5 Å². The molecule has 1 saturated heterocycles. The second kappa shape index (κ2) is 10.1. The third kappa shape index (κ3) is 6.37. The number of sulfonamides is 1. The Morgan fingerprint density at radius 1 is 1.19 bits per heavy atom. The van der Waals surface area contributed by atoms with Crippen molar-refractivity contribution >= 4 is 27.9 Å². The number of benzene rings is 1. The third-order valence-corrected chi connectivity index (χ3v) is 8.05. The number of rotatable bonds is 5. The van der Waals surface area contributed by atoms with Gasteiger partial charge in [-0.25, -0.2) is 13.2 Å². The Balaban J connectivity index is 1.69. The minimum absolute atomic E-state index is 0.0357. The van der Waals surface area contributed by atoms with Crippen LogP contribution in [-0.4, -0.2) is 66.3 Å². The van der Waals surface area contributed by atoms with Gasteiger partial charge in [0.05, 0.1) is 11.3 Å². The second-order valence-corrected chi connectivity index (χ2v) is 12.8. The predicted octanol–water partition coefficient (Wildman–Crippen LogP) is 2.50. The van der Waals surface area contributed by atoms with Gasteiger partial charge in [0, 0.05) is 36.9 Å². The lowest BCUT2D eigenvalue weighted by molar-refractivity contribution is -0.130. The van der Waals surface area contributed by atoms with Crippen LogP contribution in [-0.2, 0) is 24.3 Å². The summed E-state index contributed by atoms with van der Waals surface area (Å²) in [7, 11) is -4.05. The second-order valence-electron chi connectivity index (χ2n) is 11.0. The highest BCUT2D eigenvalue weighted by Crippen LogP contribution is 2.31. The molecule has 0 saturated carbocycles. The molecule has 3 rings (SSSR count). The summed E-state index contributed by atoms with van der Waals surface area (Å²) >= 11 is 0. The van der Waals surface area contributed by atoms with Crippen LogP contribution in [0.15, 0.2) is 41.6 Å². The lowest BCUT2D eigenvalue weighted by Gasteiger charge is -2.44. The van der Waals surface area contributed by atoms with E-state index < -0.39 is 45.0 Å². The minimum Gasteiger partial charge on any atom is -0.444 e. The first-order valence-corrected chi connectivity index (χ1v) is 13.4. The lowest BCUT2D eigenvalue weighted by Crippen LogP contribution is -2.58. The molecule has 2 aliphatic heterocycles. The zero-order valence-corrected chi connectivity index (χ0v) is 22.5. The molecule has 1 aromatic carbocycles. The van der Waals surface area contributed by atoms with Crippen LogP contribution in [0.4, 0.5) is 4.79 Å². The van der Waals surface area contributed by atoms with Gasteiger partial charge in [0.1, 0.15) is 11.6 Å². The summed E-state index contributed by atoms with van der Waals surface area (Å²) in [5, 5.41) is 5.45. The SMILES string of the molecule is Cc1ccc(S(=O)(=O)N2C=CNC(=O)[C@H]2CC(=O)N[C@H]2CCN(C(=O)OC(C)(C)C)CC2(C)C)cc1. The molecule has 1 aromatic rings. The van der Waals surface area contributed by atoms with Crippen molar-refractivity contribution < 1.29 is 27.5 Å². The number of likely N-dealkylation sites (tertiary alicyclic amines) is 1. The molecule has 2 N–H and O–H groups in total. The van der Waals surface area contributed by atoms with Crippen molar-refractivity contribution in [2.45, 2.75) is 77.0 Å². The fraction of sp³-hybridized carbons (Fsp3) is 0.560. The molecule has 198 valence electrons. The van der Waals surface area contributed by atoms with Crippen molar-refractivity contribution in [3.63, 3.8) is 0 Å². The van der Waals surface area contributed by atoms with E-state index in [1.807, 2.05) is 41.5 Å². The Bertz CT molecular complexity index is 1140. The summed E-state index contributed by atoms with van der Waals surface area (Å²) in [4.78, 5) is 39.8. The summed E-state index contributed by atoms with van der Waals surface area (Å²) < 4.78 is 32.9. The smallest absolute Gasteiger partial charge is 0.410 e. The molecule has 0 radical (unpaired) electrons. The third-order valence-electron chi connectivity index (χ3n) is 6.25. The van der Waals surface area contributed by atoms with Crippen LogP contribution < -0.4 is 10.6 Å². The van der Waals surface area contributed by atoms with E-state index in [1.54, 1.807) is 17.0 Å². The van der Waals surface area contributed by atoms with E-state index in [9.17, 15) is 22.8 Å². The number of hydrogen-bond acceptors (Lipinski definition) is 6. The van der Waals surface area contributed by atoms with Crippen molar-refractivity contribution in [3.05, 3.63) is 42.2 Å². The molecule has 2 aliphatic rings. The highest BCUT2D eigenvalue weighted by atomic mass is 32.2. The molecule has 3 amide bonds. The zero-order valence-electron chi connectivity index (χ0n) is 21.7. The van der Waals surface area contributed by atoms with Gasteiger partial charge in [-0.05, 0) is 46.2 Å². The van der Waals surface area contributed by atoms with E-state index in [2.05, 4.69) is 10.6 Å². The van der Waals surface area contributed by atoms with Gasteiger partial charge in [-0.2, -0.15) is 0 Å². The topological polar surface area (TPSA) is 125 Å². The van der Waals surface area contributed by atoms with Crippen molar-refractivity contribution in [1.29, 1.82) is 0 Å². The number of amides is 3. The molecule has 0 unspecified atom stereocenters. The molecule has 0 bridgehead atoms. The number of carbonyl (C=O) groups excluding carboxylic acids is 3. The van der Waals surface area contributed by atoms with Crippen LogP contribution >= 0.6 is 0 Å². The van der Waals surface area contributed by atoms with Crippen LogP contribution in [0, 0.1) is 12.3 Å². The predicted molar refractivity (Wildman–Crippen MR) is 134 cm³/mol. The Morgan fingerprint density at radius 2 is 1.83 bits per heavy atom. The number of ether oxygens (including phenoxy) is 1. The molecule has 36 heavy (non-hydrogen) atoms. The quantitative estimate of drug-likeness (QED) is 0.615. The summed E-state index contributed by atoms with van der Waals surface area (Å²) in [5.74, 6) is -1.03. The first-order chi connectivity index (χ1) is 16.6. The number of hydrogen-bond donors (Lipinski definition) is 2. The van der Waals surface area contributed by atoms with E-state index >= 15 is 0 Å². The van der Waals surface area contributed by atoms with Gasteiger partial charge in [0.25, 0.3) is 10.0 Å². The van der Waals surface area contributed by atoms with Gasteiger partial charge in [0.15, 0.2) is 0 Å². The average molecular weight is 521 g/mol. The van der Waals surface area contributed by atoms with E-state index in [0.717, 1.165) is 9.87 Å². The van der Waals surface area contributed by atoms with Crippen LogP contribution in [0.1, 0.15) is 53.0 Å². The Morgan fingerprint density at radius 3 is 2.42 bits per heavy atom. The molecule has 1 fully saturated rings. The van der Waals surface area contributed by atoms with Crippen molar-refractivity contribution in [2.24, 2.45) is 5.41 Å². The Labute approximate surface area is 213 Å². The maximum atomic E-state index is 13.2. The fourth-order valence-electron chi connectivity index (χ4n) is 4.31. The van der Waals surface area contributed by atoms with Crippen LogP contribution in [0.2, 0.25) is 0 Å². The molecule has 0 spiro atoms.